The molecule has 2 rings (SSSR count). The van der Waals surface area contributed by atoms with E-state index in [4.69, 9.17) is 0 Å². The van der Waals surface area contributed by atoms with Gasteiger partial charge in [-0.3, -0.25) is 0 Å². The fraction of sp³-hybridized carbons (Fsp3) is 0.0476. The maximum absolute atomic E-state index is 10.7. The molecule has 0 aromatic heterocycles. The van der Waals surface area contributed by atoms with Crippen LogP contribution >= 0.6 is 0 Å². The predicted octanol–water partition coefficient (Wildman–Crippen LogP) is -3.07. The largest absolute Gasteiger partial charge is 0.545 e. The highest BCUT2D eigenvalue weighted by Crippen LogP contribution is 2.14. The molecule has 0 amide bonds. The molecule has 0 radical (unpaired) electrons. The number of rotatable bonds is 10. The van der Waals surface area contributed by atoms with E-state index in [-0.39, 0.29) is 6.67 Å². The molecule has 0 aliphatic rings. The maximum atomic E-state index is 10.7. The summed E-state index contributed by atoms with van der Waals surface area (Å²) in [5, 5.41) is 49.0. The molecule has 10 heteroatoms. The smallest absolute Gasteiger partial charge is 0.0849 e. The molecule has 0 unspecified atom stereocenters. The molecule has 0 bridgehead atoms. The van der Waals surface area contributed by atoms with Gasteiger partial charge in [-0.15, -0.1) is 0 Å². The fourth-order valence-electron chi connectivity index (χ4n) is 2.38. The standard InChI is InChI=1S/C21H18N2O8/c24-18(25)16(19(26)27)9-12-1-5-14(6-2-12)22-11-23-15-7-3-13(4-8-15)10-17(20(28)29)21(30)31/h1-10,22-23H,11H2,(H,24,25)(H,26,27)(H,28,29)(H,30,31)/p-4. The quantitative estimate of drug-likeness (QED) is 0.172. The molecule has 0 atom stereocenters. The lowest BCUT2D eigenvalue weighted by Gasteiger charge is -2.12. The predicted molar refractivity (Wildman–Crippen MR) is 101 cm³/mol. The van der Waals surface area contributed by atoms with Crippen LogP contribution < -0.4 is 31.1 Å². The third kappa shape index (κ3) is 6.75. The lowest BCUT2D eigenvalue weighted by atomic mass is 10.1. The van der Waals surface area contributed by atoms with Gasteiger partial charge in [0.2, 0.25) is 0 Å². The van der Waals surface area contributed by atoms with E-state index in [2.05, 4.69) is 10.6 Å². The Morgan fingerprint density at radius 2 is 0.871 bits per heavy atom. The number of carboxylic acids is 4. The molecule has 0 aliphatic heterocycles. The first kappa shape index (κ1) is 22.7. The summed E-state index contributed by atoms with van der Waals surface area (Å²) in [6, 6.07) is 12.4. The summed E-state index contributed by atoms with van der Waals surface area (Å²) in [6.07, 6.45) is 1.85. The van der Waals surface area contributed by atoms with E-state index in [1.807, 2.05) is 0 Å². The molecule has 0 fully saturated rings. The summed E-state index contributed by atoms with van der Waals surface area (Å²) in [5.41, 5.74) is 0.0376. The lowest BCUT2D eigenvalue weighted by molar-refractivity contribution is -0.314. The van der Waals surface area contributed by atoms with Crippen molar-refractivity contribution in [1.29, 1.82) is 0 Å². The van der Waals surface area contributed by atoms with E-state index < -0.39 is 35.0 Å². The van der Waals surface area contributed by atoms with Crippen LogP contribution in [0.5, 0.6) is 0 Å². The molecule has 0 aliphatic carbocycles. The van der Waals surface area contributed by atoms with Crippen LogP contribution in [0.25, 0.3) is 12.2 Å². The highest BCUT2D eigenvalue weighted by Gasteiger charge is 2.02. The van der Waals surface area contributed by atoms with Crippen molar-refractivity contribution in [2.75, 3.05) is 17.3 Å². The van der Waals surface area contributed by atoms with Gasteiger partial charge in [0.1, 0.15) is 0 Å². The number of hydrogen-bond donors (Lipinski definition) is 2. The van der Waals surface area contributed by atoms with Gasteiger partial charge in [0, 0.05) is 22.5 Å². The van der Waals surface area contributed by atoms with Crippen LogP contribution in [0.2, 0.25) is 0 Å². The number of carbonyl (C=O) groups is 4. The topological polar surface area (TPSA) is 185 Å². The molecule has 0 spiro atoms. The van der Waals surface area contributed by atoms with E-state index in [1.165, 1.54) is 24.3 Å². The Kier molecular flexibility index (Phi) is 7.51. The summed E-state index contributed by atoms with van der Waals surface area (Å²) >= 11 is 0. The van der Waals surface area contributed by atoms with E-state index in [1.54, 1.807) is 24.3 Å². The lowest BCUT2D eigenvalue weighted by Crippen LogP contribution is -2.36. The van der Waals surface area contributed by atoms with Gasteiger partial charge in [-0.2, -0.15) is 0 Å². The second kappa shape index (κ2) is 10.3. The zero-order valence-corrected chi connectivity index (χ0v) is 15.7. The Labute approximate surface area is 175 Å². The SMILES string of the molecule is O=C([O-])C(=Cc1ccc(NCNc2ccc(C=C(C(=O)[O-])C(=O)[O-])cc2)cc1)C(=O)[O-]. The summed E-state index contributed by atoms with van der Waals surface area (Å²) in [7, 11) is 0. The van der Waals surface area contributed by atoms with Crippen molar-refractivity contribution in [1.82, 2.24) is 0 Å². The van der Waals surface area contributed by atoms with E-state index >= 15 is 0 Å². The molecule has 31 heavy (non-hydrogen) atoms. The third-order valence-electron chi connectivity index (χ3n) is 3.91. The minimum atomic E-state index is -1.84. The first-order valence-corrected chi connectivity index (χ1v) is 8.64. The van der Waals surface area contributed by atoms with E-state index in [9.17, 15) is 39.6 Å². The van der Waals surface area contributed by atoms with Crippen LogP contribution in [-0.2, 0) is 19.2 Å². The molecule has 0 saturated heterocycles. The Bertz CT molecular complexity index is 936. The average molecular weight is 422 g/mol. The van der Waals surface area contributed by atoms with Crippen molar-refractivity contribution in [3.05, 3.63) is 70.8 Å². The number of carbonyl (C=O) groups excluding carboxylic acids is 4. The molecule has 160 valence electrons. The minimum absolute atomic E-state index is 0.275. The van der Waals surface area contributed by atoms with Crippen molar-refractivity contribution in [2.45, 2.75) is 0 Å². The molecule has 0 saturated carbocycles. The Balaban J connectivity index is 1.95. The molecule has 2 aromatic rings. The first-order valence-electron chi connectivity index (χ1n) is 8.64. The van der Waals surface area contributed by atoms with Gasteiger partial charge in [-0.1, -0.05) is 24.3 Å². The summed E-state index contributed by atoms with van der Waals surface area (Å²) in [4.78, 5) is 43.0. The number of aliphatic carboxylic acids is 4. The van der Waals surface area contributed by atoms with Crippen molar-refractivity contribution in [3.63, 3.8) is 0 Å². The highest BCUT2D eigenvalue weighted by atomic mass is 16.4. The van der Waals surface area contributed by atoms with Gasteiger partial charge in [0.05, 0.1) is 30.5 Å². The van der Waals surface area contributed by atoms with Crippen LogP contribution in [0.3, 0.4) is 0 Å². The average Bonchev–Trinajstić information content (AvgIpc) is 2.71. The van der Waals surface area contributed by atoms with E-state index in [0.29, 0.717) is 22.5 Å². The second-order valence-corrected chi connectivity index (χ2v) is 6.04. The Hall–Kier alpha value is -4.60. The Morgan fingerprint density at radius 1 is 0.581 bits per heavy atom. The second-order valence-electron chi connectivity index (χ2n) is 6.04. The van der Waals surface area contributed by atoms with Crippen LogP contribution in [0, 0.1) is 0 Å². The van der Waals surface area contributed by atoms with Gasteiger partial charge in [-0.05, 0) is 47.5 Å². The zero-order chi connectivity index (χ0) is 23.0. The number of anilines is 2. The van der Waals surface area contributed by atoms with Gasteiger partial charge in [0.15, 0.2) is 0 Å². The number of nitrogens with one attached hydrogen (secondary N) is 2. The van der Waals surface area contributed by atoms with Crippen LogP contribution in [0.15, 0.2) is 59.7 Å². The summed E-state index contributed by atoms with van der Waals surface area (Å²) < 4.78 is 0. The molecule has 2 N–H and O–H groups in total. The van der Waals surface area contributed by atoms with Crippen molar-refractivity contribution < 1.29 is 39.6 Å². The van der Waals surface area contributed by atoms with Crippen LogP contribution in [0.4, 0.5) is 11.4 Å². The molecular weight excluding hydrogens is 408 g/mol. The van der Waals surface area contributed by atoms with Crippen LogP contribution in [-0.4, -0.2) is 30.5 Å². The van der Waals surface area contributed by atoms with Gasteiger partial charge < -0.3 is 50.2 Å². The van der Waals surface area contributed by atoms with Crippen molar-refractivity contribution >= 4 is 47.4 Å². The number of hydrogen-bond acceptors (Lipinski definition) is 10. The Morgan fingerprint density at radius 3 is 1.13 bits per heavy atom. The molecule has 10 nitrogen and oxygen atoms in total. The monoisotopic (exact) mass is 422 g/mol. The van der Waals surface area contributed by atoms with Crippen molar-refractivity contribution in [3.8, 4) is 0 Å². The molecule has 0 heterocycles. The summed E-state index contributed by atoms with van der Waals surface area (Å²) in [5.74, 6) is -7.38. The van der Waals surface area contributed by atoms with Gasteiger partial charge >= 0.3 is 0 Å². The summed E-state index contributed by atoms with van der Waals surface area (Å²) in [6.45, 7) is 0.275. The number of benzene rings is 2. The molecule has 2 aromatic carbocycles. The first-order chi connectivity index (χ1) is 14.7. The van der Waals surface area contributed by atoms with Gasteiger partial charge in [0.25, 0.3) is 0 Å². The maximum Gasteiger partial charge on any atom is 0.0849 e. The van der Waals surface area contributed by atoms with Crippen LogP contribution in [0.1, 0.15) is 11.1 Å². The van der Waals surface area contributed by atoms with Crippen molar-refractivity contribution in [2.24, 2.45) is 0 Å². The minimum Gasteiger partial charge on any atom is -0.545 e. The highest BCUT2D eigenvalue weighted by molar-refractivity contribution is 6.15. The van der Waals surface area contributed by atoms with Gasteiger partial charge in [-0.25, -0.2) is 0 Å². The molecular formula is C21H14N2O8-4. The normalized spacial score (nSPS) is 9.81. The third-order valence-corrected chi connectivity index (χ3v) is 3.91. The van der Waals surface area contributed by atoms with E-state index in [0.717, 1.165) is 12.2 Å². The fourth-order valence-corrected chi connectivity index (χ4v) is 2.38. The number of carboxylic acid groups (broad SMARTS) is 4. The zero-order valence-electron chi connectivity index (χ0n) is 15.7.